The van der Waals surface area contributed by atoms with Crippen molar-refractivity contribution < 1.29 is 18.5 Å². The van der Waals surface area contributed by atoms with Crippen LogP contribution < -0.4 is 4.74 Å². The van der Waals surface area contributed by atoms with E-state index in [9.17, 15) is 9.00 Å². The van der Waals surface area contributed by atoms with Crippen molar-refractivity contribution in [2.75, 3.05) is 26.2 Å². The quantitative estimate of drug-likeness (QED) is 0.776. The van der Waals surface area contributed by atoms with E-state index in [1.165, 1.54) is 14.2 Å². The van der Waals surface area contributed by atoms with Crippen LogP contribution in [0.2, 0.25) is 0 Å². The van der Waals surface area contributed by atoms with Crippen LogP contribution in [0.3, 0.4) is 0 Å². The maximum absolute atomic E-state index is 11.6. The Morgan fingerprint density at radius 2 is 2.15 bits per heavy atom. The molecule has 0 fully saturated rings. The van der Waals surface area contributed by atoms with E-state index in [2.05, 4.69) is 4.98 Å². The maximum atomic E-state index is 11.6. The lowest BCUT2D eigenvalue weighted by Gasteiger charge is -2.08. The summed E-state index contributed by atoms with van der Waals surface area (Å²) in [6.07, 6.45) is 3.31. The standard InChI is InChI=1S/C13H16N2O4S/c1-18-11-7-9(13(16)19-2)6-10-12(11)15(8-14-10)4-5-20(3)17/h6-8H,4-5H2,1-3H3. The molecule has 1 aromatic heterocycles. The first-order chi connectivity index (χ1) is 9.56. The number of aromatic nitrogens is 2. The molecule has 7 heteroatoms. The molecule has 0 saturated carbocycles. The van der Waals surface area contributed by atoms with Crippen LogP contribution in [0, 0.1) is 0 Å². The highest BCUT2D eigenvalue weighted by atomic mass is 32.2. The van der Waals surface area contributed by atoms with E-state index >= 15 is 0 Å². The average Bonchev–Trinajstić information content (AvgIpc) is 2.86. The zero-order valence-corrected chi connectivity index (χ0v) is 12.4. The van der Waals surface area contributed by atoms with Crippen molar-refractivity contribution in [2.24, 2.45) is 0 Å². The zero-order valence-electron chi connectivity index (χ0n) is 11.6. The van der Waals surface area contributed by atoms with Crippen LogP contribution in [0.1, 0.15) is 10.4 Å². The van der Waals surface area contributed by atoms with Crippen molar-refractivity contribution in [2.45, 2.75) is 6.54 Å². The fourth-order valence-corrected chi connectivity index (χ4v) is 2.41. The van der Waals surface area contributed by atoms with Crippen LogP contribution in [0.4, 0.5) is 0 Å². The van der Waals surface area contributed by atoms with Crippen molar-refractivity contribution in [1.82, 2.24) is 9.55 Å². The van der Waals surface area contributed by atoms with Gasteiger partial charge in [0.1, 0.15) is 11.3 Å². The van der Waals surface area contributed by atoms with Gasteiger partial charge in [0.2, 0.25) is 0 Å². The molecule has 20 heavy (non-hydrogen) atoms. The summed E-state index contributed by atoms with van der Waals surface area (Å²) in [5.41, 5.74) is 1.82. The number of benzene rings is 1. The Balaban J connectivity index is 2.49. The van der Waals surface area contributed by atoms with Crippen LogP contribution in [-0.4, -0.2) is 46.0 Å². The first-order valence-electron chi connectivity index (χ1n) is 5.98. The Kier molecular flexibility index (Phi) is 4.39. The minimum atomic E-state index is -0.878. The first-order valence-corrected chi connectivity index (χ1v) is 7.70. The van der Waals surface area contributed by atoms with Gasteiger partial charge in [-0.1, -0.05) is 0 Å². The predicted octanol–water partition coefficient (Wildman–Crippen LogP) is 1.21. The SMILES string of the molecule is COC(=O)c1cc(OC)c2c(c1)ncn2CCS(C)=O. The monoisotopic (exact) mass is 296 g/mol. The molecule has 0 aliphatic carbocycles. The molecule has 0 N–H and O–H groups in total. The third-order valence-corrected chi connectivity index (χ3v) is 3.70. The molecule has 1 atom stereocenters. The van der Waals surface area contributed by atoms with Gasteiger partial charge in [0.25, 0.3) is 0 Å². The minimum absolute atomic E-state index is 0.390. The molecule has 0 spiro atoms. The second-order valence-electron chi connectivity index (χ2n) is 4.25. The van der Waals surface area contributed by atoms with Gasteiger partial charge in [0.15, 0.2) is 0 Å². The van der Waals surface area contributed by atoms with E-state index in [-0.39, 0.29) is 0 Å². The molecule has 1 aromatic carbocycles. The van der Waals surface area contributed by atoms with E-state index in [0.717, 1.165) is 5.52 Å². The van der Waals surface area contributed by atoms with Crippen molar-refractivity contribution in [1.29, 1.82) is 0 Å². The predicted molar refractivity (Wildman–Crippen MR) is 76.6 cm³/mol. The lowest BCUT2D eigenvalue weighted by Crippen LogP contribution is -2.07. The van der Waals surface area contributed by atoms with Crippen LogP contribution in [0.5, 0.6) is 5.75 Å². The molecule has 0 saturated heterocycles. The Morgan fingerprint density at radius 1 is 1.40 bits per heavy atom. The smallest absolute Gasteiger partial charge is 0.338 e. The number of rotatable bonds is 5. The van der Waals surface area contributed by atoms with Crippen LogP contribution >= 0.6 is 0 Å². The van der Waals surface area contributed by atoms with E-state index in [1.54, 1.807) is 24.7 Å². The maximum Gasteiger partial charge on any atom is 0.338 e. The van der Waals surface area contributed by atoms with Crippen molar-refractivity contribution >= 4 is 27.8 Å². The average molecular weight is 296 g/mol. The molecule has 6 nitrogen and oxygen atoms in total. The summed E-state index contributed by atoms with van der Waals surface area (Å²) in [6.45, 7) is 0.577. The highest BCUT2D eigenvalue weighted by Crippen LogP contribution is 2.27. The van der Waals surface area contributed by atoms with E-state index in [1.807, 2.05) is 4.57 Å². The lowest BCUT2D eigenvalue weighted by molar-refractivity contribution is 0.0600. The number of carbonyl (C=O) groups is 1. The number of methoxy groups -OCH3 is 2. The molecule has 0 bridgehead atoms. The summed E-state index contributed by atoms with van der Waals surface area (Å²) in [6, 6.07) is 3.28. The van der Waals surface area contributed by atoms with Gasteiger partial charge in [-0.15, -0.1) is 0 Å². The van der Waals surface area contributed by atoms with Gasteiger partial charge in [-0.25, -0.2) is 9.78 Å². The van der Waals surface area contributed by atoms with Gasteiger partial charge in [0, 0.05) is 29.4 Å². The van der Waals surface area contributed by atoms with E-state index in [0.29, 0.717) is 29.1 Å². The summed E-state index contributed by atoms with van der Waals surface area (Å²) in [7, 11) is 1.98. The molecule has 1 unspecified atom stereocenters. The number of nitrogens with zero attached hydrogens (tertiary/aromatic N) is 2. The van der Waals surface area contributed by atoms with Gasteiger partial charge >= 0.3 is 5.97 Å². The Bertz CT molecular complexity index is 666. The highest BCUT2D eigenvalue weighted by Gasteiger charge is 2.15. The molecule has 108 valence electrons. The lowest BCUT2D eigenvalue weighted by atomic mass is 10.2. The summed E-state index contributed by atoms with van der Waals surface area (Å²) in [4.78, 5) is 15.9. The number of carbonyl (C=O) groups excluding carboxylic acids is 1. The Labute approximate surface area is 119 Å². The highest BCUT2D eigenvalue weighted by molar-refractivity contribution is 7.84. The third-order valence-electron chi connectivity index (χ3n) is 2.94. The van der Waals surface area contributed by atoms with E-state index < -0.39 is 16.8 Å². The van der Waals surface area contributed by atoms with Crippen molar-refractivity contribution in [3.8, 4) is 5.75 Å². The molecule has 0 amide bonds. The van der Waals surface area contributed by atoms with Crippen LogP contribution in [-0.2, 0) is 22.1 Å². The largest absolute Gasteiger partial charge is 0.494 e. The third kappa shape index (κ3) is 2.82. The number of imidazole rings is 1. The first kappa shape index (κ1) is 14.5. The van der Waals surface area contributed by atoms with Gasteiger partial charge in [-0.05, 0) is 12.1 Å². The fourth-order valence-electron chi connectivity index (χ4n) is 1.96. The topological polar surface area (TPSA) is 70.4 Å². The second kappa shape index (κ2) is 6.04. The molecule has 0 aliphatic rings. The van der Waals surface area contributed by atoms with Gasteiger partial charge < -0.3 is 14.0 Å². The van der Waals surface area contributed by atoms with Crippen LogP contribution in [0.15, 0.2) is 18.5 Å². The molecule has 0 aliphatic heterocycles. The van der Waals surface area contributed by atoms with Crippen molar-refractivity contribution in [3.63, 3.8) is 0 Å². The number of hydrogen-bond acceptors (Lipinski definition) is 5. The molecular formula is C13H16N2O4S. The Morgan fingerprint density at radius 3 is 2.75 bits per heavy atom. The number of ether oxygens (including phenoxy) is 2. The van der Waals surface area contributed by atoms with Gasteiger partial charge in [-0.2, -0.15) is 0 Å². The second-order valence-corrected chi connectivity index (χ2v) is 5.81. The number of hydrogen-bond donors (Lipinski definition) is 0. The van der Waals surface area contributed by atoms with Crippen molar-refractivity contribution in [3.05, 3.63) is 24.0 Å². The molecule has 0 radical (unpaired) electrons. The Hall–Kier alpha value is -1.89. The normalized spacial score (nSPS) is 12.3. The molecule has 2 aromatic rings. The van der Waals surface area contributed by atoms with Gasteiger partial charge in [-0.3, -0.25) is 4.21 Å². The number of aryl methyl sites for hydroxylation is 1. The fraction of sp³-hybridized carbons (Fsp3) is 0.385. The number of fused-ring (bicyclic) bond motifs is 1. The summed E-state index contributed by atoms with van der Waals surface area (Å²) < 4.78 is 23.1. The number of esters is 1. The van der Waals surface area contributed by atoms with Gasteiger partial charge in [0.05, 0.1) is 31.6 Å². The molecule has 2 rings (SSSR count). The van der Waals surface area contributed by atoms with E-state index in [4.69, 9.17) is 9.47 Å². The summed E-state index contributed by atoms with van der Waals surface area (Å²) in [5.74, 6) is 0.643. The van der Waals surface area contributed by atoms with Crippen LogP contribution in [0.25, 0.3) is 11.0 Å². The minimum Gasteiger partial charge on any atom is -0.494 e. The molecular weight excluding hydrogens is 280 g/mol. The molecule has 1 heterocycles. The zero-order chi connectivity index (χ0) is 14.7. The summed E-state index contributed by atoms with van der Waals surface area (Å²) in [5, 5.41) is 0. The summed E-state index contributed by atoms with van der Waals surface area (Å²) >= 11 is 0.